The largest absolute Gasteiger partial charge is 0.393 e. The third-order valence-electron chi connectivity index (χ3n) is 2.90. The Morgan fingerprint density at radius 2 is 2.21 bits per heavy atom. The van der Waals surface area contributed by atoms with Gasteiger partial charge in [-0.2, -0.15) is 0 Å². The van der Waals surface area contributed by atoms with E-state index in [4.69, 9.17) is 0 Å². The van der Waals surface area contributed by atoms with Gasteiger partial charge in [-0.15, -0.1) is 0 Å². The summed E-state index contributed by atoms with van der Waals surface area (Å²) in [4.78, 5) is 11.6. The zero-order valence-electron chi connectivity index (χ0n) is 11.4. The minimum absolute atomic E-state index is 0.0642. The van der Waals surface area contributed by atoms with E-state index < -0.39 is 0 Å². The number of anilines is 1. The summed E-state index contributed by atoms with van der Waals surface area (Å²) >= 11 is 3.40. The second kappa shape index (κ2) is 8.17. The molecular weight excluding hydrogens is 308 g/mol. The minimum atomic E-state index is -0.332. The highest BCUT2D eigenvalue weighted by Gasteiger charge is 2.05. The molecule has 0 aliphatic carbocycles. The lowest BCUT2D eigenvalue weighted by atomic mass is 10.2. The molecule has 0 saturated carbocycles. The van der Waals surface area contributed by atoms with Gasteiger partial charge in [0.1, 0.15) is 0 Å². The van der Waals surface area contributed by atoms with Crippen LogP contribution in [0.3, 0.4) is 0 Å². The molecule has 5 heteroatoms. The molecule has 0 bridgehead atoms. The highest BCUT2D eigenvalue weighted by atomic mass is 79.9. The van der Waals surface area contributed by atoms with Crippen molar-refractivity contribution in [2.24, 2.45) is 0 Å². The van der Waals surface area contributed by atoms with Crippen molar-refractivity contribution in [1.82, 2.24) is 5.32 Å². The quantitative estimate of drug-likeness (QED) is 0.720. The molecule has 106 valence electrons. The van der Waals surface area contributed by atoms with Crippen LogP contribution in [0.1, 0.15) is 25.3 Å². The lowest BCUT2D eigenvalue weighted by Crippen LogP contribution is -2.32. The van der Waals surface area contributed by atoms with Gasteiger partial charge in [-0.1, -0.05) is 22.9 Å². The Balaban J connectivity index is 2.30. The zero-order valence-corrected chi connectivity index (χ0v) is 13.0. The number of hydrogen-bond donors (Lipinski definition) is 3. The van der Waals surface area contributed by atoms with E-state index >= 15 is 0 Å². The van der Waals surface area contributed by atoms with Crippen molar-refractivity contribution in [3.8, 4) is 0 Å². The minimum Gasteiger partial charge on any atom is -0.393 e. The van der Waals surface area contributed by atoms with Gasteiger partial charge in [0.15, 0.2) is 0 Å². The van der Waals surface area contributed by atoms with Crippen molar-refractivity contribution in [1.29, 1.82) is 0 Å². The summed E-state index contributed by atoms with van der Waals surface area (Å²) in [6.07, 6.45) is 0.980. The van der Waals surface area contributed by atoms with Gasteiger partial charge in [0, 0.05) is 16.7 Å². The number of hydrogen-bond acceptors (Lipinski definition) is 3. The smallest absolute Gasteiger partial charge is 0.239 e. The predicted octanol–water partition coefficient (Wildman–Crippen LogP) is 2.45. The van der Waals surface area contributed by atoms with Gasteiger partial charge in [-0.25, -0.2) is 0 Å². The number of amides is 1. The molecule has 1 atom stereocenters. The van der Waals surface area contributed by atoms with E-state index in [2.05, 4.69) is 26.6 Å². The van der Waals surface area contributed by atoms with E-state index in [1.54, 1.807) is 0 Å². The van der Waals surface area contributed by atoms with Crippen molar-refractivity contribution < 1.29 is 9.90 Å². The Bertz CT molecular complexity index is 424. The van der Waals surface area contributed by atoms with Crippen molar-refractivity contribution in [3.63, 3.8) is 0 Å². The van der Waals surface area contributed by atoms with Gasteiger partial charge >= 0.3 is 0 Å². The molecule has 1 aromatic carbocycles. The van der Waals surface area contributed by atoms with Crippen molar-refractivity contribution >= 4 is 27.5 Å². The Hall–Kier alpha value is -1.07. The Morgan fingerprint density at radius 3 is 2.84 bits per heavy atom. The lowest BCUT2D eigenvalue weighted by molar-refractivity contribution is -0.119. The zero-order chi connectivity index (χ0) is 14.3. The van der Waals surface area contributed by atoms with Crippen LogP contribution in [-0.2, 0) is 4.79 Å². The second-order valence-electron chi connectivity index (χ2n) is 4.51. The first-order valence-corrected chi connectivity index (χ1v) is 7.27. The van der Waals surface area contributed by atoms with Gasteiger partial charge in [0.25, 0.3) is 0 Å². The number of rotatable bonds is 7. The summed E-state index contributed by atoms with van der Waals surface area (Å²) < 4.78 is 1.02. The van der Waals surface area contributed by atoms with Crippen LogP contribution in [0.25, 0.3) is 0 Å². The van der Waals surface area contributed by atoms with Crippen molar-refractivity contribution in [3.05, 3.63) is 28.2 Å². The molecule has 0 heterocycles. The molecule has 1 unspecified atom stereocenters. The maximum atomic E-state index is 11.6. The van der Waals surface area contributed by atoms with Gasteiger partial charge in [0.05, 0.1) is 12.6 Å². The van der Waals surface area contributed by atoms with Crippen LogP contribution in [0.15, 0.2) is 22.7 Å². The van der Waals surface area contributed by atoms with Gasteiger partial charge in [-0.05, 0) is 43.5 Å². The monoisotopic (exact) mass is 328 g/mol. The Labute approximate surface area is 122 Å². The van der Waals surface area contributed by atoms with Crippen molar-refractivity contribution in [2.75, 3.05) is 18.4 Å². The van der Waals surface area contributed by atoms with Crippen LogP contribution in [0.5, 0.6) is 0 Å². The number of nitrogens with one attached hydrogen (secondary N) is 2. The van der Waals surface area contributed by atoms with Gasteiger partial charge in [0.2, 0.25) is 5.91 Å². The van der Waals surface area contributed by atoms with E-state index in [-0.39, 0.29) is 18.6 Å². The molecule has 4 nitrogen and oxygen atoms in total. The highest BCUT2D eigenvalue weighted by molar-refractivity contribution is 9.10. The Kier molecular flexibility index (Phi) is 6.87. The summed E-state index contributed by atoms with van der Waals surface area (Å²) in [6.45, 7) is 4.66. The molecule has 1 amide bonds. The van der Waals surface area contributed by atoms with E-state index in [0.717, 1.165) is 15.7 Å². The molecule has 0 radical (unpaired) electrons. The SMILES string of the molecule is CCC(O)CCNC(=O)CNc1ccc(Br)cc1C. The molecule has 0 spiro atoms. The summed E-state index contributed by atoms with van der Waals surface area (Å²) in [5, 5.41) is 15.2. The average Bonchev–Trinajstić information content (AvgIpc) is 2.37. The summed E-state index contributed by atoms with van der Waals surface area (Å²) in [5.41, 5.74) is 2.04. The number of carbonyl (C=O) groups excluding carboxylic acids is 1. The molecule has 0 fully saturated rings. The topological polar surface area (TPSA) is 61.4 Å². The Morgan fingerprint density at radius 1 is 1.47 bits per heavy atom. The first kappa shape index (κ1) is 16.0. The van der Waals surface area contributed by atoms with E-state index in [0.29, 0.717) is 19.4 Å². The maximum Gasteiger partial charge on any atom is 0.239 e. The van der Waals surface area contributed by atoms with Crippen LogP contribution in [0, 0.1) is 6.92 Å². The van der Waals surface area contributed by atoms with Crippen LogP contribution >= 0.6 is 15.9 Å². The average molecular weight is 329 g/mol. The van der Waals surface area contributed by atoms with Gasteiger partial charge in [-0.3, -0.25) is 4.79 Å². The molecule has 0 saturated heterocycles. The summed E-state index contributed by atoms with van der Waals surface area (Å²) in [6, 6.07) is 5.87. The number of aryl methyl sites for hydroxylation is 1. The lowest BCUT2D eigenvalue weighted by Gasteiger charge is -2.11. The fourth-order valence-electron chi connectivity index (χ4n) is 1.65. The molecule has 0 aliphatic heterocycles. The maximum absolute atomic E-state index is 11.6. The number of aliphatic hydroxyl groups is 1. The molecular formula is C14H21BrN2O2. The van der Waals surface area contributed by atoms with E-state index in [1.807, 2.05) is 32.0 Å². The summed E-state index contributed by atoms with van der Waals surface area (Å²) in [5.74, 6) is -0.0642. The number of halogens is 1. The van der Waals surface area contributed by atoms with Crippen LogP contribution < -0.4 is 10.6 Å². The van der Waals surface area contributed by atoms with Crippen molar-refractivity contribution in [2.45, 2.75) is 32.8 Å². The summed E-state index contributed by atoms with van der Waals surface area (Å²) in [7, 11) is 0. The fraction of sp³-hybridized carbons (Fsp3) is 0.500. The predicted molar refractivity (Wildman–Crippen MR) is 81.3 cm³/mol. The molecule has 1 aromatic rings. The molecule has 3 N–H and O–H groups in total. The first-order chi connectivity index (χ1) is 9.02. The molecule has 0 aliphatic rings. The fourth-order valence-corrected chi connectivity index (χ4v) is 2.12. The number of aliphatic hydroxyl groups excluding tert-OH is 1. The van der Waals surface area contributed by atoms with Crippen LogP contribution in [0.4, 0.5) is 5.69 Å². The number of carbonyl (C=O) groups is 1. The van der Waals surface area contributed by atoms with Gasteiger partial charge < -0.3 is 15.7 Å². The van der Waals surface area contributed by atoms with E-state index in [1.165, 1.54) is 0 Å². The van der Waals surface area contributed by atoms with E-state index in [9.17, 15) is 9.90 Å². The van der Waals surface area contributed by atoms with Crippen LogP contribution in [0.2, 0.25) is 0 Å². The normalized spacial score (nSPS) is 12.0. The third-order valence-corrected chi connectivity index (χ3v) is 3.39. The third kappa shape index (κ3) is 6.07. The molecule has 0 aromatic heterocycles. The molecule has 1 rings (SSSR count). The molecule has 19 heavy (non-hydrogen) atoms. The second-order valence-corrected chi connectivity index (χ2v) is 5.43. The first-order valence-electron chi connectivity index (χ1n) is 6.47. The standard InChI is InChI=1S/C14H21BrN2O2/c1-3-12(18)6-7-16-14(19)9-17-13-5-4-11(15)8-10(13)2/h4-5,8,12,17-18H,3,6-7,9H2,1-2H3,(H,16,19). The highest BCUT2D eigenvalue weighted by Crippen LogP contribution is 2.19. The number of benzene rings is 1. The van der Waals surface area contributed by atoms with Crippen LogP contribution in [-0.4, -0.2) is 30.2 Å².